The fourth-order valence-electron chi connectivity index (χ4n) is 1.41. The second kappa shape index (κ2) is 6.15. The van der Waals surface area contributed by atoms with Gasteiger partial charge in [-0.05, 0) is 34.3 Å². The molecule has 1 heterocycles. The van der Waals surface area contributed by atoms with Crippen LogP contribution in [0.1, 0.15) is 20.3 Å². The molecule has 0 radical (unpaired) electrons. The van der Waals surface area contributed by atoms with Gasteiger partial charge in [-0.2, -0.15) is 0 Å². The van der Waals surface area contributed by atoms with Crippen molar-refractivity contribution in [2.24, 2.45) is 5.92 Å². The number of rotatable bonds is 5. The van der Waals surface area contributed by atoms with Crippen molar-refractivity contribution in [3.8, 4) is 0 Å². The molecule has 0 aliphatic rings. The Morgan fingerprint density at radius 2 is 2.25 bits per heavy atom. The topological polar surface area (TPSA) is 45.1 Å². The summed E-state index contributed by atoms with van der Waals surface area (Å²) in [6.07, 6.45) is 2.12. The first-order valence-corrected chi connectivity index (χ1v) is 6.02. The molecule has 1 rings (SSSR count). The predicted octanol–water partition coefficient (Wildman–Crippen LogP) is 2.80. The maximum atomic E-state index is 13.5. The molecule has 1 aromatic heterocycles. The van der Waals surface area contributed by atoms with Crippen LogP contribution in [-0.2, 0) is 0 Å². The minimum Gasteiger partial charge on any atom is -0.396 e. The molecule has 2 N–H and O–H groups in total. The van der Waals surface area contributed by atoms with E-state index in [0.717, 1.165) is 0 Å². The smallest absolute Gasteiger partial charge is 0.166 e. The summed E-state index contributed by atoms with van der Waals surface area (Å²) in [5, 5.41) is 11.9. The molecule has 0 aromatic carbocycles. The quantitative estimate of drug-likeness (QED) is 0.877. The summed E-state index contributed by atoms with van der Waals surface area (Å²) in [7, 11) is 0. The Labute approximate surface area is 103 Å². The van der Waals surface area contributed by atoms with Gasteiger partial charge < -0.3 is 10.4 Å². The lowest BCUT2D eigenvalue weighted by molar-refractivity contribution is 0.267. The lowest BCUT2D eigenvalue weighted by Gasteiger charge is -2.22. The first-order chi connectivity index (χ1) is 7.54. The molecule has 3 nitrogen and oxygen atoms in total. The molecule has 0 spiro atoms. The molecular weight excluding hydrogens is 275 g/mol. The van der Waals surface area contributed by atoms with Crippen molar-refractivity contribution < 1.29 is 9.50 Å². The van der Waals surface area contributed by atoms with E-state index in [0.29, 0.717) is 16.8 Å². The molecule has 90 valence electrons. The molecule has 0 aliphatic carbocycles. The number of halogens is 2. The SMILES string of the molecule is CC(C)C(CCO)Nc1ncc(Br)cc1F. The predicted molar refractivity (Wildman–Crippen MR) is 65.8 cm³/mol. The van der Waals surface area contributed by atoms with Crippen LogP contribution < -0.4 is 5.32 Å². The fraction of sp³-hybridized carbons (Fsp3) is 0.545. The highest BCUT2D eigenvalue weighted by Crippen LogP contribution is 2.19. The van der Waals surface area contributed by atoms with Gasteiger partial charge in [0.15, 0.2) is 11.6 Å². The third-order valence-electron chi connectivity index (χ3n) is 2.37. The minimum atomic E-state index is -0.391. The number of pyridine rings is 1. The first-order valence-electron chi connectivity index (χ1n) is 5.23. The van der Waals surface area contributed by atoms with Crippen LogP contribution in [0.3, 0.4) is 0 Å². The molecule has 0 amide bonds. The van der Waals surface area contributed by atoms with Gasteiger partial charge >= 0.3 is 0 Å². The molecular formula is C11H16BrFN2O. The zero-order valence-electron chi connectivity index (χ0n) is 9.37. The highest BCUT2D eigenvalue weighted by Gasteiger charge is 2.15. The highest BCUT2D eigenvalue weighted by atomic mass is 79.9. The van der Waals surface area contributed by atoms with Crippen LogP contribution in [0, 0.1) is 11.7 Å². The second-order valence-electron chi connectivity index (χ2n) is 3.99. The molecule has 1 atom stereocenters. The number of nitrogens with zero attached hydrogens (tertiary/aromatic N) is 1. The van der Waals surface area contributed by atoms with Crippen molar-refractivity contribution in [1.82, 2.24) is 4.98 Å². The summed E-state index contributed by atoms with van der Waals surface area (Å²) < 4.78 is 14.1. The molecule has 0 saturated heterocycles. The van der Waals surface area contributed by atoms with E-state index in [1.54, 1.807) is 6.20 Å². The van der Waals surface area contributed by atoms with Gasteiger partial charge in [0, 0.05) is 23.3 Å². The fourth-order valence-corrected chi connectivity index (χ4v) is 1.71. The van der Waals surface area contributed by atoms with Gasteiger partial charge in [0.1, 0.15) is 0 Å². The Balaban J connectivity index is 2.77. The van der Waals surface area contributed by atoms with Crippen LogP contribution in [0.5, 0.6) is 0 Å². The average molecular weight is 291 g/mol. The summed E-state index contributed by atoms with van der Waals surface area (Å²) in [5.41, 5.74) is 0. The number of aliphatic hydroxyl groups is 1. The lowest BCUT2D eigenvalue weighted by atomic mass is 10.0. The van der Waals surface area contributed by atoms with Crippen LogP contribution >= 0.6 is 15.9 Å². The molecule has 0 aliphatic heterocycles. The standard InChI is InChI=1S/C11H16BrFN2O/c1-7(2)10(3-4-16)15-11-9(13)5-8(12)6-14-11/h5-7,10,16H,3-4H2,1-2H3,(H,14,15). The van der Waals surface area contributed by atoms with E-state index in [4.69, 9.17) is 5.11 Å². The number of hydrogen-bond acceptors (Lipinski definition) is 3. The van der Waals surface area contributed by atoms with E-state index < -0.39 is 5.82 Å². The van der Waals surface area contributed by atoms with E-state index in [9.17, 15) is 4.39 Å². The molecule has 16 heavy (non-hydrogen) atoms. The lowest BCUT2D eigenvalue weighted by Crippen LogP contribution is -2.27. The molecule has 0 saturated carbocycles. The van der Waals surface area contributed by atoms with Crippen LogP contribution in [0.4, 0.5) is 10.2 Å². The van der Waals surface area contributed by atoms with E-state index in [-0.39, 0.29) is 18.5 Å². The Bertz CT molecular complexity index is 347. The number of nitrogens with one attached hydrogen (secondary N) is 1. The third-order valence-corrected chi connectivity index (χ3v) is 2.81. The van der Waals surface area contributed by atoms with E-state index >= 15 is 0 Å². The molecule has 5 heteroatoms. The third kappa shape index (κ3) is 3.72. The Hall–Kier alpha value is -0.680. The normalized spacial score (nSPS) is 12.9. The van der Waals surface area contributed by atoms with Gasteiger partial charge in [-0.3, -0.25) is 0 Å². The Morgan fingerprint density at radius 1 is 1.56 bits per heavy atom. The minimum absolute atomic E-state index is 0.0215. The maximum absolute atomic E-state index is 13.5. The van der Waals surface area contributed by atoms with Gasteiger partial charge in [-0.15, -0.1) is 0 Å². The van der Waals surface area contributed by atoms with Crippen LogP contribution in [0.15, 0.2) is 16.7 Å². The van der Waals surface area contributed by atoms with Gasteiger partial charge in [0.2, 0.25) is 0 Å². The van der Waals surface area contributed by atoms with E-state index in [2.05, 4.69) is 26.2 Å². The Kier molecular flexibility index (Phi) is 5.15. The Morgan fingerprint density at radius 3 is 2.75 bits per heavy atom. The van der Waals surface area contributed by atoms with Crippen molar-refractivity contribution >= 4 is 21.7 Å². The number of aliphatic hydroxyl groups excluding tert-OH is 1. The number of hydrogen-bond donors (Lipinski definition) is 2. The summed E-state index contributed by atoms with van der Waals surface area (Å²) in [5.74, 6) is 0.144. The average Bonchev–Trinajstić information content (AvgIpc) is 2.20. The maximum Gasteiger partial charge on any atom is 0.166 e. The van der Waals surface area contributed by atoms with Gasteiger partial charge in [0.05, 0.1) is 0 Å². The molecule has 0 bridgehead atoms. The monoisotopic (exact) mass is 290 g/mol. The van der Waals surface area contributed by atoms with Crippen molar-refractivity contribution in [3.63, 3.8) is 0 Å². The van der Waals surface area contributed by atoms with Crippen molar-refractivity contribution in [3.05, 3.63) is 22.6 Å². The summed E-state index contributed by atoms with van der Waals surface area (Å²) in [4.78, 5) is 3.97. The van der Waals surface area contributed by atoms with Gasteiger partial charge in [-0.1, -0.05) is 13.8 Å². The zero-order chi connectivity index (χ0) is 12.1. The largest absolute Gasteiger partial charge is 0.396 e. The summed E-state index contributed by atoms with van der Waals surface area (Å²) in [6.45, 7) is 4.11. The van der Waals surface area contributed by atoms with Crippen LogP contribution in [0.25, 0.3) is 0 Å². The number of aromatic nitrogens is 1. The van der Waals surface area contributed by atoms with Crippen LogP contribution in [0.2, 0.25) is 0 Å². The van der Waals surface area contributed by atoms with Crippen molar-refractivity contribution in [1.29, 1.82) is 0 Å². The summed E-state index contributed by atoms with van der Waals surface area (Å²) >= 11 is 3.15. The van der Waals surface area contributed by atoms with Gasteiger partial charge in [0.25, 0.3) is 0 Å². The second-order valence-corrected chi connectivity index (χ2v) is 4.91. The first kappa shape index (κ1) is 13.4. The molecule has 1 aromatic rings. The van der Waals surface area contributed by atoms with Crippen molar-refractivity contribution in [2.75, 3.05) is 11.9 Å². The zero-order valence-corrected chi connectivity index (χ0v) is 11.0. The highest BCUT2D eigenvalue weighted by molar-refractivity contribution is 9.10. The summed E-state index contributed by atoms with van der Waals surface area (Å²) in [6, 6.07) is 1.39. The molecule has 1 unspecified atom stereocenters. The van der Waals surface area contributed by atoms with Crippen molar-refractivity contribution in [2.45, 2.75) is 26.3 Å². The van der Waals surface area contributed by atoms with E-state index in [1.807, 2.05) is 13.8 Å². The van der Waals surface area contributed by atoms with E-state index in [1.165, 1.54) is 6.07 Å². The van der Waals surface area contributed by atoms with Gasteiger partial charge in [-0.25, -0.2) is 9.37 Å². The molecule has 0 fully saturated rings. The van der Waals surface area contributed by atoms with Crippen LogP contribution in [-0.4, -0.2) is 22.7 Å². The number of anilines is 1.